The Morgan fingerprint density at radius 3 is 2.60 bits per heavy atom. The number of nitrogens with one attached hydrogen (secondary N) is 2. The molecule has 0 unspecified atom stereocenters. The summed E-state index contributed by atoms with van der Waals surface area (Å²) in [5.74, 6) is 0.543. The minimum Gasteiger partial charge on any atom is -0.306 e. The van der Waals surface area contributed by atoms with Gasteiger partial charge in [-0.1, -0.05) is 25.2 Å². The van der Waals surface area contributed by atoms with E-state index in [0.29, 0.717) is 16.7 Å². The van der Waals surface area contributed by atoms with E-state index in [0.717, 1.165) is 22.7 Å². The molecule has 8 heteroatoms. The second kappa shape index (κ2) is 7.80. The first-order chi connectivity index (χ1) is 12.1. The molecular weight excluding hydrogens is 336 g/mol. The SMILES string of the molecule is CC(C)Cc1ccc(NC(=O)Nc2nnc(-c3ccncc3)s2)cn1. The molecule has 0 saturated heterocycles. The van der Waals surface area contributed by atoms with Crippen molar-refractivity contribution in [2.75, 3.05) is 10.6 Å². The molecule has 0 aliphatic rings. The van der Waals surface area contributed by atoms with Crippen LogP contribution in [-0.2, 0) is 6.42 Å². The zero-order chi connectivity index (χ0) is 17.6. The third kappa shape index (κ3) is 4.80. The van der Waals surface area contributed by atoms with Crippen molar-refractivity contribution in [2.24, 2.45) is 5.92 Å². The maximum atomic E-state index is 12.1. The Kier molecular flexibility index (Phi) is 5.30. The molecule has 3 rings (SSSR count). The number of urea groups is 1. The molecule has 25 heavy (non-hydrogen) atoms. The molecule has 0 atom stereocenters. The Morgan fingerprint density at radius 1 is 1.12 bits per heavy atom. The van der Waals surface area contributed by atoms with Gasteiger partial charge in [-0.25, -0.2) is 4.79 Å². The van der Waals surface area contributed by atoms with Gasteiger partial charge in [0.25, 0.3) is 0 Å². The van der Waals surface area contributed by atoms with Crippen LogP contribution in [0.5, 0.6) is 0 Å². The first kappa shape index (κ1) is 17.0. The monoisotopic (exact) mass is 354 g/mol. The molecule has 0 bridgehead atoms. The average Bonchev–Trinajstić information content (AvgIpc) is 3.05. The third-order valence-corrected chi connectivity index (χ3v) is 4.16. The molecular formula is C17H18N6OS. The number of carbonyl (C=O) groups is 1. The van der Waals surface area contributed by atoms with Crippen LogP contribution in [0.4, 0.5) is 15.6 Å². The number of nitrogens with zero attached hydrogens (tertiary/aromatic N) is 4. The highest BCUT2D eigenvalue weighted by atomic mass is 32.1. The van der Waals surface area contributed by atoms with Crippen LogP contribution in [-0.4, -0.2) is 26.2 Å². The van der Waals surface area contributed by atoms with Crippen LogP contribution < -0.4 is 10.6 Å². The second-order valence-electron chi connectivity index (χ2n) is 5.86. The molecule has 0 spiro atoms. The van der Waals surface area contributed by atoms with Gasteiger partial charge in [-0.05, 0) is 36.6 Å². The first-order valence-electron chi connectivity index (χ1n) is 7.87. The Balaban J connectivity index is 1.58. The molecule has 3 aromatic rings. The highest BCUT2D eigenvalue weighted by Gasteiger charge is 2.10. The predicted octanol–water partition coefficient (Wildman–Crippen LogP) is 3.84. The topological polar surface area (TPSA) is 92.7 Å². The van der Waals surface area contributed by atoms with Crippen molar-refractivity contribution in [3.8, 4) is 10.6 Å². The summed E-state index contributed by atoms with van der Waals surface area (Å²) in [6, 6.07) is 7.06. The summed E-state index contributed by atoms with van der Waals surface area (Å²) in [7, 11) is 0. The van der Waals surface area contributed by atoms with Gasteiger partial charge in [-0.2, -0.15) is 0 Å². The van der Waals surface area contributed by atoms with Gasteiger partial charge in [-0.3, -0.25) is 15.3 Å². The van der Waals surface area contributed by atoms with Crippen LogP contribution >= 0.6 is 11.3 Å². The largest absolute Gasteiger partial charge is 0.325 e. The van der Waals surface area contributed by atoms with Gasteiger partial charge in [-0.15, -0.1) is 10.2 Å². The Morgan fingerprint density at radius 2 is 1.92 bits per heavy atom. The van der Waals surface area contributed by atoms with Gasteiger partial charge in [0, 0.05) is 23.7 Å². The molecule has 0 radical (unpaired) electrons. The molecule has 7 nitrogen and oxygen atoms in total. The summed E-state index contributed by atoms with van der Waals surface area (Å²) >= 11 is 1.30. The van der Waals surface area contributed by atoms with E-state index in [1.807, 2.05) is 24.3 Å². The zero-order valence-corrected chi connectivity index (χ0v) is 14.7. The summed E-state index contributed by atoms with van der Waals surface area (Å²) in [4.78, 5) is 20.4. The van der Waals surface area contributed by atoms with E-state index in [4.69, 9.17) is 0 Å². The van der Waals surface area contributed by atoms with E-state index in [1.54, 1.807) is 18.6 Å². The molecule has 2 amide bonds. The van der Waals surface area contributed by atoms with Crippen LogP contribution in [0.25, 0.3) is 10.6 Å². The van der Waals surface area contributed by atoms with Crippen molar-refractivity contribution in [2.45, 2.75) is 20.3 Å². The van der Waals surface area contributed by atoms with Crippen molar-refractivity contribution in [3.63, 3.8) is 0 Å². The lowest BCUT2D eigenvalue weighted by atomic mass is 10.1. The van der Waals surface area contributed by atoms with E-state index in [-0.39, 0.29) is 6.03 Å². The quantitative estimate of drug-likeness (QED) is 0.726. The summed E-state index contributed by atoms with van der Waals surface area (Å²) in [6.45, 7) is 4.28. The lowest BCUT2D eigenvalue weighted by Crippen LogP contribution is -2.19. The standard InChI is InChI=1S/C17H18N6OS/c1-11(2)9-13-3-4-14(10-19-13)20-16(24)21-17-23-22-15(25-17)12-5-7-18-8-6-12/h3-8,10-11H,9H2,1-2H3,(H2,20,21,23,24). The fraction of sp³-hybridized carbons (Fsp3) is 0.235. The summed E-state index contributed by atoms with van der Waals surface area (Å²) < 4.78 is 0. The number of aromatic nitrogens is 4. The number of rotatable bonds is 5. The highest BCUT2D eigenvalue weighted by Crippen LogP contribution is 2.25. The van der Waals surface area contributed by atoms with Gasteiger partial charge in [0.2, 0.25) is 5.13 Å². The molecule has 2 N–H and O–H groups in total. The van der Waals surface area contributed by atoms with E-state index >= 15 is 0 Å². The van der Waals surface area contributed by atoms with Crippen LogP contribution in [0.15, 0.2) is 42.9 Å². The Labute approximate surface area is 149 Å². The minimum absolute atomic E-state index is 0.379. The normalized spacial score (nSPS) is 10.7. The number of anilines is 2. The number of hydrogen-bond donors (Lipinski definition) is 2. The van der Waals surface area contributed by atoms with E-state index in [9.17, 15) is 4.79 Å². The summed E-state index contributed by atoms with van der Waals surface area (Å²) in [5.41, 5.74) is 2.54. The van der Waals surface area contributed by atoms with Crippen LogP contribution in [0, 0.1) is 5.92 Å². The lowest BCUT2D eigenvalue weighted by molar-refractivity contribution is 0.262. The number of pyridine rings is 2. The molecule has 0 fully saturated rings. The summed E-state index contributed by atoms with van der Waals surface area (Å²) in [5, 5.41) is 14.6. The van der Waals surface area contributed by atoms with Crippen LogP contribution in [0.3, 0.4) is 0 Å². The smallest absolute Gasteiger partial charge is 0.306 e. The third-order valence-electron chi connectivity index (χ3n) is 3.27. The van der Waals surface area contributed by atoms with Crippen molar-refractivity contribution >= 4 is 28.2 Å². The maximum absolute atomic E-state index is 12.1. The maximum Gasteiger partial charge on any atom is 0.325 e. The summed E-state index contributed by atoms with van der Waals surface area (Å²) in [6.07, 6.45) is 5.94. The van der Waals surface area contributed by atoms with Gasteiger partial charge in [0.1, 0.15) is 5.01 Å². The number of carbonyl (C=O) groups excluding carboxylic acids is 1. The van der Waals surface area contributed by atoms with Gasteiger partial charge < -0.3 is 5.32 Å². The van der Waals surface area contributed by atoms with Gasteiger partial charge in [0.05, 0.1) is 11.9 Å². The van der Waals surface area contributed by atoms with Crippen molar-refractivity contribution in [1.29, 1.82) is 0 Å². The van der Waals surface area contributed by atoms with Gasteiger partial charge >= 0.3 is 6.03 Å². The van der Waals surface area contributed by atoms with E-state index < -0.39 is 0 Å². The second-order valence-corrected chi connectivity index (χ2v) is 6.84. The Bertz CT molecular complexity index is 832. The average molecular weight is 354 g/mol. The molecule has 128 valence electrons. The molecule has 3 aromatic heterocycles. The predicted molar refractivity (Wildman–Crippen MR) is 98.6 cm³/mol. The lowest BCUT2D eigenvalue weighted by Gasteiger charge is -2.07. The molecule has 0 aliphatic heterocycles. The van der Waals surface area contributed by atoms with E-state index in [2.05, 4.69) is 44.6 Å². The van der Waals surface area contributed by atoms with Crippen molar-refractivity contribution in [3.05, 3.63) is 48.5 Å². The molecule has 0 aromatic carbocycles. The van der Waals surface area contributed by atoms with Gasteiger partial charge in [0.15, 0.2) is 0 Å². The molecule has 0 aliphatic carbocycles. The Hall–Kier alpha value is -2.87. The molecule has 0 saturated carbocycles. The van der Waals surface area contributed by atoms with Crippen LogP contribution in [0.1, 0.15) is 19.5 Å². The van der Waals surface area contributed by atoms with Crippen molar-refractivity contribution < 1.29 is 4.79 Å². The minimum atomic E-state index is -0.379. The highest BCUT2D eigenvalue weighted by molar-refractivity contribution is 7.18. The molecule has 3 heterocycles. The van der Waals surface area contributed by atoms with E-state index in [1.165, 1.54) is 11.3 Å². The number of hydrogen-bond acceptors (Lipinski definition) is 6. The fourth-order valence-corrected chi connectivity index (χ4v) is 2.93. The first-order valence-corrected chi connectivity index (χ1v) is 8.68. The van der Waals surface area contributed by atoms with Crippen LogP contribution in [0.2, 0.25) is 0 Å². The number of amides is 2. The zero-order valence-electron chi connectivity index (χ0n) is 13.9. The fourth-order valence-electron chi connectivity index (χ4n) is 2.18. The van der Waals surface area contributed by atoms with Crippen molar-refractivity contribution in [1.82, 2.24) is 20.2 Å².